The van der Waals surface area contributed by atoms with Gasteiger partial charge in [-0.1, -0.05) is 36.0 Å². The van der Waals surface area contributed by atoms with Crippen LogP contribution in [0.15, 0.2) is 58.5 Å². The van der Waals surface area contributed by atoms with Gasteiger partial charge in [0, 0.05) is 19.1 Å². The number of carbonyl (C=O) groups excluding carboxylic acids is 1. The average Bonchev–Trinajstić information content (AvgIpc) is 3.61. The summed E-state index contributed by atoms with van der Waals surface area (Å²) in [6.45, 7) is 3.02. The minimum absolute atomic E-state index is 0.0599. The third-order valence-corrected chi connectivity index (χ3v) is 6.25. The van der Waals surface area contributed by atoms with Crippen molar-refractivity contribution in [2.45, 2.75) is 44.1 Å². The van der Waals surface area contributed by atoms with Crippen LogP contribution in [0.3, 0.4) is 0 Å². The first-order valence-electron chi connectivity index (χ1n) is 10.2. The topological polar surface area (TPSA) is 64.4 Å². The van der Waals surface area contributed by atoms with E-state index in [9.17, 15) is 9.59 Å². The molecule has 0 atom stereocenters. The molecule has 0 aliphatic heterocycles. The van der Waals surface area contributed by atoms with E-state index in [2.05, 4.69) is 4.98 Å². The van der Waals surface area contributed by atoms with E-state index in [0.717, 1.165) is 24.2 Å². The molecule has 1 aliphatic rings. The lowest BCUT2D eigenvalue weighted by atomic mass is 10.2. The first-order valence-corrected chi connectivity index (χ1v) is 11.1. The van der Waals surface area contributed by atoms with Crippen molar-refractivity contribution in [3.05, 3.63) is 64.4 Å². The highest BCUT2D eigenvalue weighted by atomic mass is 32.2. The van der Waals surface area contributed by atoms with Crippen molar-refractivity contribution >= 4 is 28.6 Å². The Bertz CT molecular complexity index is 1110. The van der Waals surface area contributed by atoms with Crippen LogP contribution in [-0.2, 0) is 17.9 Å². The summed E-state index contributed by atoms with van der Waals surface area (Å²) in [5.74, 6) is 1.14. The number of ether oxygens (including phenoxy) is 1. The van der Waals surface area contributed by atoms with E-state index >= 15 is 0 Å². The fourth-order valence-corrected chi connectivity index (χ4v) is 4.43. The van der Waals surface area contributed by atoms with E-state index < -0.39 is 0 Å². The molecule has 2 aromatic carbocycles. The molecule has 4 rings (SSSR count). The molecule has 0 spiro atoms. The number of nitrogens with zero attached hydrogens (tertiary/aromatic N) is 3. The summed E-state index contributed by atoms with van der Waals surface area (Å²) in [5, 5.41) is 1.20. The van der Waals surface area contributed by atoms with E-state index in [1.807, 2.05) is 54.3 Å². The largest absolute Gasteiger partial charge is 0.497 e. The van der Waals surface area contributed by atoms with Gasteiger partial charge >= 0.3 is 0 Å². The first-order chi connectivity index (χ1) is 14.6. The molecule has 0 saturated heterocycles. The third kappa shape index (κ3) is 4.36. The van der Waals surface area contributed by atoms with Gasteiger partial charge in [-0.05, 0) is 49.6 Å². The quantitative estimate of drug-likeness (QED) is 0.408. The number of rotatable bonds is 8. The van der Waals surface area contributed by atoms with E-state index in [-0.39, 0.29) is 17.2 Å². The number of aromatic nitrogens is 2. The number of hydrogen-bond acceptors (Lipinski definition) is 5. The summed E-state index contributed by atoms with van der Waals surface area (Å²) in [4.78, 5) is 32.4. The summed E-state index contributed by atoms with van der Waals surface area (Å²) in [6.07, 6.45) is 2.08. The van der Waals surface area contributed by atoms with E-state index in [1.54, 1.807) is 17.7 Å². The van der Waals surface area contributed by atoms with Gasteiger partial charge in [0.05, 0.1) is 23.8 Å². The van der Waals surface area contributed by atoms with Gasteiger partial charge in [-0.3, -0.25) is 14.2 Å². The molecule has 0 radical (unpaired) electrons. The van der Waals surface area contributed by atoms with Crippen molar-refractivity contribution in [2.75, 3.05) is 12.9 Å². The number of thioether (sulfide) groups is 1. The maximum absolute atomic E-state index is 13.0. The molecule has 6 nitrogen and oxygen atoms in total. The fourth-order valence-electron chi connectivity index (χ4n) is 3.48. The van der Waals surface area contributed by atoms with Crippen LogP contribution in [0.2, 0.25) is 0 Å². The van der Waals surface area contributed by atoms with Crippen molar-refractivity contribution in [2.24, 2.45) is 0 Å². The second kappa shape index (κ2) is 8.92. The maximum atomic E-state index is 13.0. The first kappa shape index (κ1) is 20.5. The van der Waals surface area contributed by atoms with Crippen LogP contribution in [0.1, 0.15) is 25.3 Å². The van der Waals surface area contributed by atoms with Crippen LogP contribution in [0.25, 0.3) is 10.9 Å². The van der Waals surface area contributed by atoms with E-state index in [4.69, 9.17) is 4.74 Å². The lowest BCUT2D eigenvalue weighted by Gasteiger charge is -2.23. The van der Waals surface area contributed by atoms with Crippen LogP contribution in [0.4, 0.5) is 0 Å². The lowest BCUT2D eigenvalue weighted by Crippen LogP contribution is -2.34. The SMILES string of the molecule is CCn1c(SCC(=O)N(Cc2ccc(OC)cc2)C2CC2)nc2ccccc2c1=O. The Morgan fingerprint density at radius 2 is 1.93 bits per heavy atom. The Balaban J connectivity index is 1.50. The molecule has 1 aliphatic carbocycles. The highest BCUT2D eigenvalue weighted by Gasteiger charge is 2.32. The van der Waals surface area contributed by atoms with Crippen LogP contribution in [0.5, 0.6) is 5.75 Å². The second-order valence-corrected chi connectivity index (χ2v) is 8.29. The molecule has 0 unspecified atom stereocenters. The van der Waals surface area contributed by atoms with Gasteiger partial charge in [0.2, 0.25) is 5.91 Å². The third-order valence-electron chi connectivity index (χ3n) is 5.29. The molecule has 1 heterocycles. The molecule has 0 N–H and O–H groups in total. The number of para-hydroxylation sites is 1. The number of carbonyl (C=O) groups is 1. The molecule has 30 heavy (non-hydrogen) atoms. The highest BCUT2D eigenvalue weighted by Crippen LogP contribution is 2.30. The Morgan fingerprint density at radius 3 is 2.60 bits per heavy atom. The zero-order valence-electron chi connectivity index (χ0n) is 17.2. The molecule has 1 saturated carbocycles. The summed E-state index contributed by atoms with van der Waals surface area (Å²) in [6, 6.07) is 15.5. The number of methoxy groups -OCH3 is 1. The molecule has 156 valence electrons. The summed E-state index contributed by atoms with van der Waals surface area (Å²) in [5.41, 5.74) is 1.69. The molecule has 7 heteroatoms. The van der Waals surface area contributed by atoms with Gasteiger partial charge in [-0.15, -0.1) is 0 Å². The minimum atomic E-state index is -0.0599. The summed E-state index contributed by atoms with van der Waals surface area (Å²) < 4.78 is 6.86. The molecule has 1 aromatic heterocycles. The molecule has 1 amide bonds. The Morgan fingerprint density at radius 1 is 1.20 bits per heavy atom. The smallest absolute Gasteiger partial charge is 0.262 e. The number of benzene rings is 2. The molecule has 0 bridgehead atoms. The van der Waals surface area contributed by atoms with Crippen LogP contribution in [-0.4, -0.2) is 39.3 Å². The molecule has 1 fully saturated rings. The van der Waals surface area contributed by atoms with E-state index in [1.165, 1.54) is 11.8 Å². The fraction of sp³-hybridized carbons (Fsp3) is 0.348. The second-order valence-electron chi connectivity index (χ2n) is 7.35. The number of fused-ring (bicyclic) bond motifs is 1. The standard InChI is InChI=1S/C23H25N3O3S/c1-3-25-22(28)19-6-4-5-7-20(19)24-23(25)30-15-21(27)26(17-10-11-17)14-16-8-12-18(29-2)13-9-16/h4-9,12-13,17H,3,10-11,14-15H2,1-2H3. The zero-order valence-corrected chi connectivity index (χ0v) is 18.0. The van der Waals surface area contributed by atoms with Crippen LogP contribution >= 0.6 is 11.8 Å². The zero-order chi connectivity index (χ0) is 21.1. The van der Waals surface area contributed by atoms with Gasteiger partial charge in [0.15, 0.2) is 5.16 Å². The maximum Gasteiger partial charge on any atom is 0.262 e. The van der Waals surface area contributed by atoms with Crippen molar-refractivity contribution in [1.82, 2.24) is 14.5 Å². The highest BCUT2D eigenvalue weighted by molar-refractivity contribution is 7.99. The van der Waals surface area contributed by atoms with Crippen molar-refractivity contribution < 1.29 is 9.53 Å². The van der Waals surface area contributed by atoms with Crippen LogP contribution < -0.4 is 10.3 Å². The monoisotopic (exact) mass is 423 g/mol. The summed E-state index contributed by atoms with van der Waals surface area (Å²) in [7, 11) is 1.64. The van der Waals surface area contributed by atoms with Gasteiger partial charge in [-0.2, -0.15) is 0 Å². The van der Waals surface area contributed by atoms with Crippen molar-refractivity contribution in [1.29, 1.82) is 0 Å². The van der Waals surface area contributed by atoms with Gasteiger partial charge in [0.1, 0.15) is 5.75 Å². The predicted molar refractivity (Wildman–Crippen MR) is 119 cm³/mol. The Labute approximate surface area is 179 Å². The Hall–Kier alpha value is -2.80. The predicted octanol–water partition coefficient (Wildman–Crippen LogP) is 3.71. The number of hydrogen-bond donors (Lipinski definition) is 0. The van der Waals surface area contributed by atoms with E-state index in [0.29, 0.717) is 35.2 Å². The normalized spacial score (nSPS) is 13.4. The van der Waals surface area contributed by atoms with Crippen molar-refractivity contribution in [3.8, 4) is 5.75 Å². The van der Waals surface area contributed by atoms with Gasteiger partial charge in [-0.25, -0.2) is 4.98 Å². The summed E-state index contributed by atoms with van der Waals surface area (Å²) >= 11 is 1.34. The molecule has 3 aromatic rings. The molecular weight excluding hydrogens is 398 g/mol. The van der Waals surface area contributed by atoms with Gasteiger partial charge < -0.3 is 9.64 Å². The van der Waals surface area contributed by atoms with Gasteiger partial charge in [0.25, 0.3) is 5.56 Å². The average molecular weight is 424 g/mol. The molecular formula is C23H25N3O3S. The number of amides is 1. The lowest BCUT2D eigenvalue weighted by molar-refractivity contribution is -0.129. The van der Waals surface area contributed by atoms with Crippen LogP contribution in [0, 0.1) is 0 Å². The minimum Gasteiger partial charge on any atom is -0.497 e. The Kier molecular flexibility index (Phi) is 6.08. The van der Waals surface area contributed by atoms with Crippen molar-refractivity contribution in [3.63, 3.8) is 0 Å².